The highest BCUT2D eigenvalue weighted by Crippen LogP contribution is 2.24. The van der Waals surface area contributed by atoms with E-state index in [-0.39, 0.29) is 6.10 Å². The molecule has 0 amide bonds. The molecule has 1 aliphatic heterocycles. The molecule has 7 heteroatoms. The van der Waals surface area contributed by atoms with E-state index in [9.17, 15) is 5.11 Å². The monoisotopic (exact) mass is 351 g/mol. The van der Waals surface area contributed by atoms with Crippen molar-refractivity contribution in [3.8, 4) is 22.6 Å². The van der Waals surface area contributed by atoms with Crippen molar-refractivity contribution in [2.75, 3.05) is 13.1 Å². The van der Waals surface area contributed by atoms with Gasteiger partial charge in [-0.25, -0.2) is 9.97 Å². The molecule has 1 aromatic carbocycles. The molecule has 1 saturated heterocycles. The summed E-state index contributed by atoms with van der Waals surface area (Å²) in [5, 5.41) is 13.9. The lowest BCUT2D eigenvalue weighted by atomic mass is 10.1. The van der Waals surface area contributed by atoms with Gasteiger partial charge in [-0.05, 0) is 38.4 Å². The molecule has 2 aromatic heterocycles. The molecular formula is C19H21N5O2. The molecule has 0 aliphatic carbocycles. The summed E-state index contributed by atoms with van der Waals surface area (Å²) >= 11 is 0. The Morgan fingerprint density at radius 3 is 2.96 bits per heavy atom. The van der Waals surface area contributed by atoms with Gasteiger partial charge in [0.15, 0.2) is 0 Å². The molecule has 0 radical (unpaired) electrons. The lowest BCUT2D eigenvalue weighted by Crippen LogP contribution is -2.37. The van der Waals surface area contributed by atoms with Crippen molar-refractivity contribution in [3.63, 3.8) is 0 Å². The molecule has 0 spiro atoms. The van der Waals surface area contributed by atoms with E-state index in [1.807, 2.05) is 37.3 Å². The SMILES string of the molecule is Cc1nccc(-c2cccc(-c3noc(CN4CCC[C@@H](O)C4)n3)c2)n1. The van der Waals surface area contributed by atoms with Gasteiger partial charge in [0.25, 0.3) is 0 Å². The van der Waals surface area contributed by atoms with Crippen LogP contribution in [0.5, 0.6) is 0 Å². The fourth-order valence-corrected chi connectivity index (χ4v) is 3.24. The molecule has 1 fully saturated rings. The fraction of sp³-hybridized carbons (Fsp3) is 0.368. The second-order valence-electron chi connectivity index (χ2n) is 6.61. The molecule has 3 heterocycles. The standard InChI is InChI=1S/C19H21N5O2/c1-13-20-8-7-17(21-13)14-4-2-5-15(10-14)19-22-18(26-23-19)12-24-9-3-6-16(25)11-24/h2,4-5,7-8,10,16,25H,3,6,9,11-12H2,1H3/t16-/m1/s1. The highest BCUT2D eigenvalue weighted by Gasteiger charge is 2.20. The Bertz CT molecular complexity index is 895. The zero-order chi connectivity index (χ0) is 17.9. The van der Waals surface area contributed by atoms with Crippen LogP contribution in [0, 0.1) is 6.92 Å². The molecule has 0 saturated carbocycles. The Morgan fingerprint density at radius 1 is 1.23 bits per heavy atom. The van der Waals surface area contributed by atoms with Gasteiger partial charge in [0.1, 0.15) is 5.82 Å². The maximum atomic E-state index is 9.78. The number of rotatable bonds is 4. The van der Waals surface area contributed by atoms with Crippen LogP contribution in [0.4, 0.5) is 0 Å². The van der Waals surface area contributed by atoms with Gasteiger partial charge >= 0.3 is 0 Å². The van der Waals surface area contributed by atoms with Crippen molar-refractivity contribution in [1.82, 2.24) is 25.0 Å². The topological polar surface area (TPSA) is 88.2 Å². The molecule has 4 rings (SSSR count). The molecule has 1 N–H and O–H groups in total. The second-order valence-corrected chi connectivity index (χ2v) is 6.61. The molecule has 134 valence electrons. The predicted molar refractivity (Wildman–Crippen MR) is 96.0 cm³/mol. The summed E-state index contributed by atoms with van der Waals surface area (Å²) in [6.45, 7) is 4.03. The number of nitrogens with zero attached hydrogens (tertiary/aromatic N) is 5. The minimum absolute atomic E-state index is 0.265. The molecule has 0 unspecified atom stereocenters. The second kappa shape index (κ2) is 7.31. The van der Waals surface area contributed by atoms with E-state index in [1.165, 1.54) is 0 Å². The zero-order valence-electron chi connectivity index (χ0n) is 14.7. The van der Waals surface area contributed by atoms with Crippen LogP contribution in [0.3, 0.4) is 0 Å². The van der Waals surface area contributed by atoms with Crippen molar-refractivity contribution < 1.29 is 9.63 Å². The first-order chi connectivity index (χ1) is 12.7. The third-order valence-corrected chi connectivity index (χ3v) is 4.50. The number of aryl methyl sites for hydroxylation is 1. The summed E-state index contributed by atoms with van der Waals surface area (Å²) in [5.74, 6) is 1.86. The summed E-state index contributed by atoms with van der Waals surface area (Å²) in [6, 6.07) is 9.80. The maximum absolute atomic E-state index is 9.78. The van der Waals surface area contributed by atoms with Crippen LogP contribution in [0.1, 0.15) is 24.6 Å². The van der Waals surface area contributed by atoms with Gasteiger partial charge in [0, 0.05) is 23.9 Å². The predicted octanol–water partition coefficient (Wildman–Crippen LogP) is 2.46. The van der Waals surface area contributed by atoms with Gasteiger partial charge in [0.05, 0.1) is 18.3 Å². The van der Waals surface area contributed by atoms with E-state index in [0.717, 1.165) is 42.0 Å². The number of likely N-dealkylation sites (tertiary alicyclic amines) is 1. The van der Waals surface area contributed by atoms with Gasteiger partial charge in [-0.1, -0.05) is 23.4 Å². The Labute approximate surface area is 151 Å². The number of aliphatic hydroxyl groups excluding tert-OH is 1. The molecule has 1 aliphatic rings. The third-order valence-electron chi connectivity index (χ3n) is 4.50. The highest BCUT2D eigenvalue weighted by atomic mass is 16.5. The number of benzene rings is 1. The van der Waals surface area contributed by atoms with Crippen LogP contribution in [-0.4, -0.2) is 49.3 Å². The summed E-state index contributed by atoms with van der Waals surface area (Å²) < 4.78 is 5.41. The van der Waals surface area contributed by atoms with Gasteiger partial charge < -0.3 is 9.63 Å². The average molecular weight is 351 g/mol. The van der Waals surface area contributed by atoms with Gasteiger partial charge in [0.2, 0.25) is 11.7 Å². The Kier molecular flexibility index (Phi) is 4.73. The minimum atomic E-state index is -0.265. The van der Waals surface area contributed by atoms with Gasteiger partial charge in [-0.2, -0.15) is 4.98 Å². The number of hydrogen-bond acceptors (Lipinski definition) is 7. The van der Waals surface area contributed by atoms with E-state index in [1.54, 1.807) is 6.20 Å². The van der Waals surface area contributed by atoms with Crippen LogP contribution in [0.15, 0.2) is 41.1 Å². The van der Waals surface area contributed by atoms with E-state index >= 15 is 0 Å². The van der Waals surface area contributed by atoms with Crippen molar-refractivity contribution >= 4 is 0 Å². The molecule has 3 aromatic rings. The number of piperidine rings is 1. The maximum Gasteiger partial charge on any atom is 0.241 e. The van der Waals surface area contributed by atoms with Gasteiger partial charge in [-0.15, -0.1) is 0 Å². The Balaban J connectivity index is 1.53. The lowest BCUT2D eigenvalue weighted by Gasteiger charge is -2.28. The van der Waals surface area contributed by atoms with Crippen molar-refractivity contribution in [3.05, 3.63) is 48.2 Å². The van der Waals surface area contributed by atoms with E-state index in [4.69, 9.17) is 4.52 Å². The summed E-state index contributed by atoms with van der Waals surface area (Å²) in [5.41, 5.74) is 2.73. The Hall–Kier alpha value is -2.64. The first kappa shape index (κ1) is 16.8. The quantitative estimate of drug-likeness (QED) is 0.772. The van der Waals surface area contributed by atoms with E-state index < -0.39 is 0 Å². The molecule has 1 atom stereocenters. The molecule has 7 nitrogen and oxygen atoms in total. The normalized spacial score (nSPS) is 18.2. The number of β-amino-alcohol motifs (C(OH)–C–C–N with tert-alkyl or cyclic N) is 1. The van der Waals surface area contributed by atoms with E-state index in [0.29, 0.717) is 24.8 Å². The number of aromatic nitrogens is 4. The molecular weight excluding hydrogens is 330 g/mol. The van der Waals surface area contributed by atoms with Crippen molar-refractivity contribution in [2.45, 2.75) is 32.4 Å². The lowest BCUT2D eigenvalue weighted by molar-refractivity contribution is 0.0613. The minimum Gasteiger partial charge on any atom is -0.392 e. The van der Waals surface area contributed by atoms with Crippen LogP contribution in [-0.2, 0) is 6.54 Å². The fourth-order valence-electron chi connectivity index (χ4n) is 3.24. The summed E-state index contributed by atoms with van der Waals surface area (Å²) in [7, 11) is 0. The number of aliphatic hydroxyl groups is 1. The first-order valence-corrected chi connectivity index (χ1v) is 8.81. The van der Waals surface area contributed by atoms with Gasteiger partial charge in [-0.3, -0.25) is 4.90 Å². The summed E-state index contributed by atoms with van der Waals surface area (Å²) in [6.07, 6.45) is 3.34. The molecule has 0 bridgehead atoms. The van der Waals surface area contributed by atoms with Crippen molar-refractivity contribution in [1.29, 1.82) is 0 Å². The van der Waals surface area contributed by atoms with Crippen LogP contribution in [0.2, 0.25) is 0 Å². The smallest absolute Gasteiger partial charge is 0.241 e. The van der Waals surface area contributed by atoms with E-state index in [2.05, 4.69) is 25.0 Å². The van der Waals surface area contributed by atoms with Crippen LogP contribution < -0.4 is 0 Å². The van der Waals surface area contributed by atoms with Crippen LogP contribution in [0.25, 0.3) is 22.6 Å². The Morgan fingerprint density at radius 2 is 2.12 bits per heavy atom. The van der Waals surface area contributed by atoms with Crippen molar-refractivity contribution in [2.24, 2.45) is 0 Å². The summed E-state index contributed by atoms with van der Waals surface area (Å²) in [4.78, 5) is 15.3. The zero-order valence-corrected chi connectivity index (χ0v) is 14.7. The number of hydrogen-bond donors (Lipinski definition) is 1. The van der Waals surface area contributed by atoms with Crippen LogP contribution >= 0.6 is 0 Å². The first-order valence-electron chi connectivity index (χ1n) is 8.81. The highest BCUT2D eigenvalue weighted by molar-refractivity contribution is 5.67. The largest absolute Gasteiger partial charge is 0.392 e. The average Bonchev–Trinajstić information content (AvgIpc) is 3.10. The third kappa shape index (κ3) is 3.79. The molecule has 26 heavy (non-hydrogen) atoms.